The van der Waals surface area contributed by atoms with E-state index in [1.54, 1.807) is 0 Å². The van der Waals surface area contributed by atoms with Crippen LogP contribution in [0.5, 0.6) is 0 Å². The zero-order valence-electron chi connectivity index (χ0n) is 5.93. The molecular formula is H7F2I2P9. The molecule has 0 aliphatic heterocycles. The van der Waals surface area contributed by atoms with Crippen molar-refractivity contribution >= 4 is 111 Å². The minimum Gasteiger partial charge on any atom is -0.217 e. The Hall–Kier alpha value is 5.19. The molecule has 0 aliphatic carbocycles. The van der Waals surface area contributed by atoms with Crippen LogP contribution in [0.4, 0.5) is 8.39 Å². The second kappa shape index (κ2) is 12.2. The second-order valence-electron chi connectivity index (χ2n) is 1.38. The van der Waals surface area contributed by atoms with E-state index in [9.17, 15) is 8.39 Å². The Kier molecular flexibility index (Phi) is 17.1. The van der Waals surface area contributed by atoms with Gasteiger partial charge in [-0.25, -0.2) is 8.39 Å². The Morgan fingerprint density at radius 3 is 2.23 bits per heavy atom. The van der Waals surface area contributed by atoms with Gasteiger partial charge in [0.2, 0.25) is 0 Å². The number of hydrogen-bond acceptors (Lipinski definition) is 0. The van der Waals surface area contributed by atoms with E-state index in [1.165, 1.54) is 0 Å². The maximum absolute atomic E-state index is 13.3. The van der Waals surface area contributed by atoms with Gasteiger partial charge in [0.05, 0.1) is 0 Å². The molecule has 0 aromatic carbocycles. The molecule has 13 heavy (non-hydrogen) atoms. The van der Waals surface area contributed by atoms with Crippen LogP contribution in [0, 0.1) is 0 Å². The molecule has 9 unspecified atom stereocenters. The van der Waals surface area contributed by atoms with Crippen molar-refractivity contribution in [2.45, 2.75) is 0 Å². The summed E-state index contributed by atoms with van der Waals surface area (Å²) in [6.07, 6.45) is 0. The number of halogens is 4. The molecule has 0 saturated carbocycles. The minimum absolute atomic E-state index is 0.0121. The first kappa shape index (κ1) is 18.2. The van der Waals surface area contributed by atoms with Gasteiger partial charge in [-0.05, 0) is 43.9 Å². The van der Waals surface area contributed by atoms with Crippen LogP contribution < -0.4 is 0 Å². The molecule has 0 nitrogen and oxygen atoms in total. The van der Waals surface area contributed by atoms with Gasteiger partial charge in [-0.1, -0.05) is 30.0 Å². The third kappa shape index (κ3) is 12.0. The fraction of sp³-hybridized carbons (Fsp3) is 0. The fourth-order valence-electron chi connectivity index (χ4n) is 0.267. The van der Waals surface area contributed by atoms with Gasteiger partial charge in [0.25, 0.3) is 0 Å². The molecule has 0 saturated heterocycles. The van der Waals surface area contributed by atoms with E-state index < -0.39 is 15.2 Å². The zero-order valence-corrected chi connectivity index (χ0v) is 19.1. The highest BCUT2D eigenvalue weighted by Crippen LogP contribution is 2.98. The smallest absolute Gasteiger partial charge is 0.135 e. The van der Waals surface area contributed by atoms with Crippen molar-refractivity contribution in [2.75, 3.05) is 0 Å². The predicted octanol–water partition coefficient (Wildman–Crippen LogP) is 8.49. The summed E-state index contributed by atoms with van der Waals surface area (Å²) in [5.41, 5.74) is 0. The largest absolute Gasteiger partial charge is 0.217 e. The SMILES string of the molecule is FP(PPI)PP(F)PP(I)PP. The van der Waals surface area contributed by atoms with Crippen LogP contribution in [0.25, 0.3) is 0 Å². The summed E-state index contributed by atoms with van der Waals surface area (Å²) in [5, 5.41) is 0. The lowest BCUT2D eigenvalue weighted by molar-refractivity contribution is 0.927. The van der Waals surface area contributed by atoms with E-state index in [-0.39, 0.29) is 12.9 Å². The maximum Gasteiger partial charge on any atom is 0.135 e. The first-order valence-electron chi connectivity index (χ1n) is 2.58. The van der Waals surface area contributed by atoms with Crippen molar-refractivity contribution in [3.63, 3.8) is 0 Å². The van der Waals surface area contributed by atoms with E-state index in [2.05, 4.69) is 53.0 Å². The van der Waals surface area contributed by atoms with Crippen LogP contribution in [0.3, 0.4) is 0 Å². The summed E-state index contributed by atoms with van der Waals surface area (Å²) >= 11 is 4.52. The van der Waals surface area contributed by atoms with Gasteiger partial charge in [-0.3, -0.25) is 0 Å². The molecule has 13 heteroatoms. The highest BCUT2D eigenvalue weighted by atomic mass is 127. The third-order valence-corrected chi connectivity index (χ3v) is 53.5. The summed E-state index contributed by atoms with van der Waals surface area (Å²) in [5.74, 6) is 0.640. The number of hydrogen-bond donors (Lipinski definition) is 0. The first-order chi connectivity index (χ1) is 6.10. The van der Waals surface area contributed by atoms with Gasteiger partial charge in [-0.2, -0.15) is 0 Å². The Labute approximate surface area is 118 Å². The van der Waals surface area contributed by atoms with Crippen LogP contribution in [-0.2, 0) is 0 Å². The van der Waals surface area contributed by atoms with Gasteiger partial charge in [-0.15, -0.1) is 8.93 Å². The van der Waals surface area contributed by atoms with Crippen molar-refractivity contribution in [2.24, 2.45) is 0 Å². The summed E-state index contributed by atoms with van der Waals surface area (Å²) < 4.78 is 26.4. The predicted molar refractivity (Wildman–Crippen MR) is 102 cm³/mol. The molecule has 0 aromatic heterocycles. The first-order valence-corrected chi connectivity index (χ1v) is 25.1. The molecule has 0 N–H and O–H groups in total. The van der Waals surface area contributed by atoms with Crippen molar-refractivity contribution < 1.29 is 8.39 Å². The van der Waals surface area contributed by atoms with Gasteiger partial charge in [0.15, 0.2) is 0 Å². The van der Waals surface area contributed by atoms with Crippen molar-refractivity contribution in [1.82, 2.24) is 0 Å². The molecule has 80 valence electrons. The van der Waals surface area contributed by atoms with Gasteiger partial charge in [0, 0.05) is 12.9 Å². The van der Waals surface area contributed by atoms with Gasteiger partial charge < -0.3 is 0 Å². The Bertz CT molecular complexity index is 122. The maximum atomic E-state index is 13.3. The fourth-order valence-corrected chi connectivity index (χ4v) is 62.9. The quantitative estimate of drug-likeness (QED) is 0.210. The van der Waals surface area contributed by atoms with Crippen LogP contribution in [-0.4, -0.2) is 0 Å². The second-order valence-corrected chi connectivity index (χ2v) is 39.9. The summed E-state index contributed by atoms with van der Waals surface area (Å²) in [7, 11) is 1.37. The van der Waals surface area contributed by atoms with E-state index in [1.807, 2.05) is 0 Å². The zero-order chi connectivity index (χ0) is 10.3. The Balaban J connectivity index is 3.54. The van der Waals surface area contributed by atoms with Crippen molar-refractivity contribution in [3.8, 4) is 0 Å². The lowest BCUT2D eigenvalue weighted by Gasteiger charge is -2.12. The minimum atomic E-state index is -1.44. The lowest BCUT2D eigenvalue weighted by Crippen LogP contribution is -1.32. The van der Waals surface area contributed by atoms with Gasteiger partial charge >= 0.3 is 0 Å². The van der Waals surface area contributed by atoms with Crippen molar-refractivity contribution in [3.05, 3.63) is 0 Å². The Morgan fingerprint density at radius 1 is 1.15 bits per heavy atom. The summed E-state index contributed by atoms with van der Waals surface area (Å²) in [6.45, 7) is 0. The van der Waals surface area contributed by atoms with Crippen LogP contribution >= 0.6 is 111 Å². The average molecular weight is 578 g/mol. The highest BCUT2D eigenvalue weighted by Gasteiger charge is 2.18. The Morgan fingerprint density at radius 2 is 1.77 bits per heavy atom. The monoisotopic (exact) mass is 578 g/mol. The average Bonchev–Trinajstić information content (AvgIpc) is 2.04. The van der Waals surface area contributed by atoms with Crippen LogP contribution in [0.15, 0.2) is 0 Å². The third-order valence-electron chi connectivity index (χ3n) is 0.605. The molecule has 0 spiro atoms. The topological polar surface area (TPSA) is 0 Å². The molecule has 0 amide bonds. The molecule has 0 bridgehead atoms. The highest BCUT2D eigenvalue weighted by molar-refractivity contribution is 14.2. The van der Waals surface area contributed by atoms with Crippen molar-refractivity contribution in [1.29, 1.82) is 0 Å². The summed E-state index contributed by atoms with van der Waals surface area (Å²) in [4.78, 5) is -0.161. The number of rotatable bonds is 7. The summed E-state index contributed by atoms with van der Waals surface area (Å²) in [6, 6.07) is 0. The molecule has 0 radical (unpaired) electrons. The molecule has 0 aromatic rings. The van der Waals surface area contributed by atoms with Crippen LogP contribution in [0.2, 0.25) is 0 Å². The molecule has 0 aliphatic rings. The van der Waals surface area contributed by atoms with E-state index in [0.717, 1.165) is 7.96 Å². The lowest BCUT2D eigenvalue weighted by atomic mass is 18.9. The standard InChI is InChI=1S/F2H7I2P9/c1-11(8-6-3)9-12(2)10-13(4)7-5/h6-10H,5H2. The molecule has 0 fully saturated rings. The van der Waals surface area contributed by atoms with E-state index in [4.69, 9.17) is 0 Å². The van der Waals surface area contributed by atoms with Crippen LogP contribution in [0.1, 0.15) is 0 Å². The van der Waals surface area contributed by atoms with E-state index in [0.29, 0.717) is 21.8 Å². The van der Waals surface area contributed by atoms with Gasteiger partial charge in [0.1, 0.15) is 15.2 Å². The normalized spacial score (nSPS) is 22.8. The van der Waals surface area contributed by atoms with E-state index >= 15 is 0 Å². The molecule has 0 rings (SSSR count). The molecule has 9 atom stereocenters. The molecule has 0 heterocycles. The molecular weight excluding hydrogens is 571 g/mol.